The van der Waals surface area contributed by atoms with Gasteiger partial charge in [-0.15, -0.1) is 0 Å². The summed E-state index contributed by atoms with van der Waals surface area (Å²) in [5.74, 6) is -0.342. The summed E-state index contributed by atoms with van der Waals surface area (Å²) in [5, 5.41) is 3.70. The molecule has 2 atom stereocenters. The van der Waals surface area contributed by atoms with Crippen molar-refractivity contribution in [3.05, 3.63) is 94.0 Å². The van der Waals surface area contributed by atoms with Gasteiger partial charge >= 0.3 is 0 Å². The van der Waals surface area contributed by atoms with E-state index in [0.717, 1.165) is 11.1 Å². The molecule has 3 aromatic rings. The Morgan fingerprint density at radius 1 is 0.970 bits per heavy atom. The van der Waals surface area contributed by atoms with Crippen LogP contribution in [0.4, 0.5) is 0 Å². The molecule has 0 bridgehead atoms. The average Bonchev–Trinajstić information content (AvgIpc) is 2.79. The first-order valence-corrected chi connectivity index (χ1v) is 12.4. The molecule has 9 heteroatoms. The summed E-state index contributed by atoms with van der Waals surface area (Å²) in [7, 11) is -2.77. The van der Waals surface area contributed by atoms with Gasteiger partial charge in [-0.25, -0.2) is 8.42 Å². The monoisotopic (exact) mass is 506 g/mol. The number of benzene rings is 3. The molecular formula is C24H24Cl2N2O4S. The highest BCUT2D eigenvalue weighted by Crippen LogP contribution is 2.27. The molecule has 1 amide bonds. The van der Waals surface area contributed by atoms with Crippen molar-refractivity contribution >= 4 is 39.1 Å². The number of ether oxygens (including phenoxy) is 1. The lowest BCUT2D eigenvalue weighted by Gasteiger charge is -2.22. The molecule has 33 heavy (non-hydrogen) atoms. The molecular weight excluding hydrogens is 483 g/mol. The van der Waals surface area contributed by atoms with Gasteiger partial charge in [0.2, 0.25) is 15.9 Å². The van der Waals surface area contributed by atoms with Crippen LogP contribution in [0.2, 0.25) is 10.0 Å². The van der Waals surface area contributed by atoms with Crippen molar-refractivity contribution in [2.24, 2.45) is 0 Å². The maximum absolute atomic E-state index is 13.2. The largest absolute Gasteiger partial charge is 0.495 e. The second-order valence-electron chi connectivity index (χ2n) is 7.44. The number of methoxy groups -OCH3 is 1. The average molecular weight is 507 g/mol. The Morgan fingerprint density at radius 3 is 2.24 bits per heavy atom. The van der Waals surface area contributed by atoms with Gasteiger partial charge in [-0.3, -0.25) is 4.79 Å². The molecule has 0 heterocycles. The zero-order valence-electron chi connectivity index (χ0n) is 18.1. The van der Waals surface area contributed by atoms with Crippen molar-refractivity contribution in [3.8, 4) is 5.75 Å². The van der Waals surface area contributed by atoms with Crippen molar-refractivity contribution in [2.45, 2.75) is 30.3 Å². The predicted octanol–water partition coefficient (Wildman–Crippen LogP) is 4.77. The van der Waals surface area contributed by atoms with Gasteiger partial charge < -0.3 is 10.1 Å². The maximum Gasteiger partial charge on any atom is 0.245 e. The summed E-state index contributed by atoms with van der Waals surface area (Å²) >= 11 is 12.0. The summed E-state index contributed by atoms with van der Waals surface area (Å²) < 4.78 is 34.2. The molecule has 0 radical (unpaired) electrons. The van der Waals surface area contributed by atoms with Crippen LogP contribution in [0, 0.1) is 0 Å². The normalized spacial score (nSPS) is 13.2. The molecule has 3 rings (SSSR count). The van der Waals surface area contributed by atoms with Crippen molar-refractivity contribution in [1.29, 1.82) is 0 Å². The van der Waals surface area contributed by atoms with Crippen molar-refractivity contribution in [1.82, 2.24) is 10.0 Å². The van der Waals surface area contributed by atoms with E-state index in [1.807, 2.05) is 37.3 Å². The van der Waals surface area contributed by atoms with E-state index in [4.69, 9.17) is 27.9 Å². The summed E-state index contributed by atoms with van der Waals surface area (Å²) in [6.07, 6.45) is 0.155. The third-order valence-electron chi connectivity index (χ3n) is 5.04. The van der Waals surface area contributed by atoms with E-state index in [0.29, 0.717) is 5.02 Å². The van der Waals surface area contributed by atoms with Crippen LogP contribution in [-0.4, -0.2) is 27.5 Å². The standard InChI is InChI=1S/C24H24Cl2N2O4S/c1-16(18-8-10-19(25)11-9-18)27-24(29)21(14-17-6-4-3-5-7-17)28-33(30,31)23-15-20(26)12-13-22(23)32-2/h3-13,15-16,21,28H,14H2,1-2H3,(H,27,29)/t16-,21+/m0/s1. The number of rotatable bonds is 9. The number of carbonyl (C=O) groups is 1. The van der Waals surface area contributed by atoms with Crippen LogP contribution >= 0.6 is 23.2 Å². The third kappa shape index (κ3) is 6.71. The Labute approximate surface area is 203 Å². The predicted molar refractivity (Wildman–Crippen MR) is 130 cm³/mol. The maximum atomic E-state index is 13.2. The Hall–Kier alpha value is -2.58. The number of amides is 1. The lowest BCUT2D eigenvalue weighted by molar-refractivity contribution is -0.123. The minimum Gasteiger partial charge on any atom is -0.495 e. The lowest BCUT2D eigenvalue weighted by Crippen LogP contribution is -2.48. The van der Waals surface area contributed by atoms with Gasteiger partial charge in [0.15, 0.2) is 0 Å². The van der Waals surface area contributed by atoms with Gasteiger partial charge in [0, 0.05) is 10.0 Å². The van der Waals surface area contributed by atoms with Gasteiger partial charge in [-0.1, -0.05) is 65.7 Å². The number of carbonyl (C=O) groups excluding carboxylic acids is 1. The summed E-state index contributed by atoms with van der Waals surface area (Å²) in [6.45, 7) is 1.81. The Bertz CT molecular complexity index is 1200. The quantitative estimate of drug-likeness (QED) is 0.437. The molecule has 0 saturated carbocycles. The molecule has 0 fully saturated rings. The first-order chi connectivity index (χ1) is 15.7. The van der Waals surface area contributed by atoms with Crippen LogP contribution in [0.5, 0.6) is 5.75 Å². The van der Waals surface area contributed by atoms with E-state index in [2.05, 4.69) is 10.0 Å². The molecule has 0 aliphatic rings. The number of sulfonamides is 1. The second-order valence-corrected chi connectivity index (χ2v) is 10.00. The second kappa shape index (κ2) is 11.0. The molecule has 2 N–H and O–H groups in total. The fourth-order valence-corrected chi connectivity index (χ4v) is 5.05. The van der Waals surface area contributed by atoms with Crippen LogP contribution in [0.3, 0.4) is 0 Å². The van der Waals surface area contributed by atoms with Gasteiger partial charge in [-0.05, 0) is 54.8 Å². The minimum atomic E-state index is -4.13. The zero-order valence-corrected chi connectivity index (χ0v) is 20.4. The van der Waals surface area contributed by atoms with Crippen LogP contribution in [0.1, 0.15) is 24.1 Å². The molecule has 0 aliphatic carbocycles. The fraction of sp³-hybridized carbons (Fsp3) is 0.208. The number of hydrogen-bond donors (Lipinski definition) is 2. The Morgan fingerprint density at radius 2 is 1.61 bits per heavy atom. The van der Waals surface area contributed by atoms with E-state index in [1.54, 1.807) is 24.3 Å². The topological polar surface area (TPSA) is 84.5 Å². The van der Waals surface area contributed by atoms with Crippen LogP contribution in [0.25, 0.3) is 0 Å². The van der Waals surface area contributed by atoms with Crippen LogP contribution < -0.4 is 14.8 Å². The van der Waals surface area contributed by atoms with E-state index in [9.17, 15) is 13.2 Å². The van der Waals surface area contributed by atoms with Crippen LogP contribution in [0.15, 0.2) is 77.7 Å². The van der Waals surface area contributed by atoms with Gasteiger partial charge in [0.1, 0.15) is 16.7 Å². The van der Waals surface area contributed by atoms with E-state index in [-0.39, 0.29) is 28.1 Å². The third-order valence-corrected chi connectivity index (χ3v) is 7.02. The first-order valence-electron chi connectivity index (χ1n) is 10.1. The summed E-state index contributed by atoms with van der Waals surface area (Å²) in [6, 6.07) is 19.1. The molecule has 0 aliphatic heterocycles. The van der Waals surface area contributed by atoms with Gasteiger partial charge in [0.25, 0.3) is 0 Å². The molecule has 6 nitrogen and oxygen atoms in total. The number of halogens is 2. The van der Waals surface area contributed by atoms with Gasteiger partial charge in [-0.2, -0.15) is 4.72 Å². The SMILES string of the molecule is COc1ccc(Cl)cc1S(=O)(=O)N[C@H](Cc1ccccc1)C(=O)N[C@@H](C)c1ccc(Cl)cc1. The van der Waals surface area contributed by atoms with Crippen molar-refractivity contribution < 1.29 is 17.9 Å². The van der Waals surface area contributed by atoms with Crippen molar-refractivity contribution in [3.63, 3.8) is 0 Å². The molecule has 0 spiro atoms. The van der Waals surface area contributed by atoms with E-state index in [1.165, 1.54) is 25.3 Å². The Balaban J connectivity index is 1.88. The molecule has 174 valence electrons. The fourth-order valence-electron chi connectivity index (χ4n) is 3.30. The van der Waals surface area contributed by atoms with Crippen molar-refractivity contribution in [2.75, 3.05) is 7.11 Å². The molecule has 0 unspecified atom stereocenters. The summed E-state index contributed by atoms with van der Waals surface area (Å²) in [5.41, 5.74) is 1.64. The van der Waals surface area contributed by atoms with E-state index >= 15 is 0 Å². The number of hydrogen-bond acceptors (Lipinski definition) is 4. The van der Waals surface area contributed by atoms with Crippen LogP contribution in [-0.2, 0) is 21.2 Å². The molecule has 0 saturated heterocycles. The number of nitrogens with one attached hydrogen (secondary N) is 2. The minimum absolute atomic E-state index is 0.125. The highest BCUT2D eigenvalue weighted by molar-refractivity contribution is 7.89. The lowest BCUT2D eigenvalue weighted by atomic mass is 10.0. The molecule has 0 aromatic heterocycles. The highest BCUT2D eigenvalue weighted by atomic mass is 35.5. The molecule has 3 aromatic carbocycles. The van der Waals surface area contributed by atoms with E-state index < -0.39 is 22.0 Å². The van der Waals surface area contributed by atoms with Gasteiger partial charge in [0.05, 0.1) is 13.2 Å². The Kier molecular flexibility index (Phi) is 8.37. The zero-order chi connectivity index (χ0) is 24.0. The summed E-state index contributed by atoms with van der Waals surface area (Å²) in [4.78, 5) is 13.1. The smallest absolute Gasteiger partial charge is 0.245 e. The first kappa shape index (κ1) is 25.1. The highest BCUT2D eigenvalue weighted by Gasteiger charge is 2.29.